The van der Waals surface area contributed by atoms with Crippen LogP contribution in [0.2, 0.25) is 0 Å². The van der Waals surface area contributed by atoms with Gasteiger partial charge in [0.25, 0.3) is 11.1 Å². The SMILES string of the molecule is COC(=O)c1cccc(C(=O)NCCN2C(=O)CSC2=O)n1. The van der Waals surface area contributed by atoms with E-state index in [1.165, 1.54) is 25.3 Å². The number of amides is 3. The lowest BCUT2D eigenvalue weighted by Gasteiger charge is -2.13. The number of thioether (sulfide) groups is 1. The van der Waals surface area contributed by atoms with E-state index < -0.39 is 11.9 Å². The molecule has 1 saturated heterocycles. The number of hydrogen-bond acceptors (Lipinski definition) is 7. The number of hydrogen-bond donors (Lipinski definition) is 1. The molecule has 2 heterocycles. The molecule has 0 radical (unpaired) electrons. The Kier molecular flexibility index (Phi) is 5.10. The minimum Gasteiger partial charge on any atom is -0.464 e. The van der Waals surface area contributed by atoms with Gasteiger partial charge in [-0.2, -0.15) is 0 Å². The van der Waals surface area contributed by atoms with Crippen LogP contribution in [0.15, 0.2) is 18.2 Å². The highest BCUT2D eigenvalue weighted by Gasteiger charge is 2.29. The number of nitrogens with one attached hydrogen (secondary N) is 1. The van der Waals surface area contributed by atoms with Gasteiger partial charge in [0.1, 0.15) is 11.4 Å². The molecule has 1 aliphatic rings. The molecule has 1 fully saturated rings. The quantitative estimate of drug-likeness (QED) is 0.776. The van der Waals surface area contributed by atoms with Crippen LogP contribution in [-0.4, -0.2) is 58.9 Å². The first kappa shape index (κ1) is 16.0. The molecule has 1 aliphatic heterocycles. The fraction of sp³-hybridized carbons (Fsp3) is 0.308. The molecule has 1 aromatic rings. The van der Waals surface area contributed by atoms with Crippen molar-refractivity contribution in [2.75, 3.05) is 26.0 Å². The zero-order chi connectivity index (χ0) is 16.1. The van der Waals surface area contributed by atoms with E-state index in [9.17, 15) is 19.2 Å². The maximum Gasteiger partial charge on any atom is 0.356 e. The summed E-state index contributed by atoms with van der Waals surface area (Å²) < 4.78 is 4.53. The molecular weight excluding hydrogens is 310 g/mol. The standard InChI is InChI=1S/C13H13N3O5S/c1-21-12(19)9-4-2-3-8(15-9)11(18)14-5-6-16-10(17)7-22-13(16)20/h2-4H,5-7H2,1H3,(H,14,18). The average molecular weight is 323 g/mol. The summed E-state index contributed by atoms with van der Waals surface area (Å²) >= 11 is 0.937. The van der Waals surface area contributed by atoms with Gasteiger partial charge < -0.3 is 10.1 Å². The summed E-state index contributed by atoms with van der Waals surface area (Å²) in [5, 5.41) is 2.23. The summed E-state index contributed by atoms with van der Waals surface area (Å²) in [7, 11) is 1.22. The number of carbonyl (C=O) groups is 4. The van der Waals surface area contributed by atoms with Crippen molar-refractivity contribution in [2.45, 2.75) is 0 Å². The Morgan fingerprint density at radius 3 is 2.73 bits per heavy atom. The van der Waals surface area contributed by atoms with Gasteiger partial charge in [0, 0.05) is 13.1 Å². The normalized spacial score (nSPS) is 14.1. The number of rotatable bonds is 5. The molecule has 2 rings (SSSR count). The number of methoxy groups -OCH3 is 1. The first-order valence-electron chi connectivity index (χ1n) is 6.33. The van der Waals surface area contributed by atoms with Crippen molar-refractivity contribution >= 4 is 34.8 Å². The van der Waals surface area contributed by atoms with Crippen LogP contribution in [0.25, 0.3) is 0 Å². The molecule has 8 nitrogen and oxygen atoms in total. The predicted molar refractivity (Wildman–Crippen MR) is 77.5 cm³/mol. The number of carbonyl (C=O) groups excluding carboxylic acids is 4. The van der Waals surface area contributed by atoms with E-state index in [1.54, 1.807) is 0 Å². The number of esters is 1. The lowest BCUT2D eigenvalue weighted by Crippen LogP contribution is -2.37. The van der Waals surface area contributed by atoms with E-state index >= 15 is 0 Å². The average Bonchev–Trinajstić information content (AvgIpc) is 2.85. The molecule has 0 aliphatic carbocycles. The minimum atomic E-state index is -0.639. The van der Waals surface area contributed by atoms with Crippen LogP contribution in [0.1, 0.15) is 21.0 Å². The number of nitrogens with zero attached hydrogens (tertiary/aromatic N) is 2. The smallest absolute Gasteiger partial charge is 0.356 e. The summed E-state index contributed by atoms with van der Waals surface area (Å²) in [5.74, 6) is -1.28. The summed E-state index contributed by atoms with van der Waals surface area (Å²) in [4.78, 5) is 51.0. The summed E-state index contributed by atoms with van der Waals surface area (Å²) in [5.41, 5.74) is 0.0767. The zero-order valence-corrected chi connectivity index (χ0v) is 12.5. The molecule has 0 unspecified atom stereocenters. The molecule has 0 bridgehead atoms. The van der Waals surface area contributed by atoms with Crippen LogP contribution in [0.3, 0.4) is 0 Å². The summed E-state index contributed by atoms with van der Waals surface area (Å²) in [6, 6.07) is 4.39. The second kappa shape index (κ2) is 7.03. The first-order chi connectivity index (χ1) is 10.5. The van der Waals surface area contributed by atoms with Crippen molar-refractivity contribution in [1.29, 1.82) is 0 Å². The molecule has 0 aromatic carbocycles. The third kappa shape index (κ3) is 3.61. The Balaban J connectivity index is 1.91. The van der Waals surface area contributed by atoms with Crippen LogP contribution >= 0.6 is 11.8 Å². The topological polar surface area (TPSA) is 106 Å². The zero-order valence-electron chi connectivity index (χ0n) is 11.7. The van der Waals surface area contributed by atoms with Crippen molar-refractivity contribution in [3.63, 3.8) is 0 Å². The highest BCUT2D eigenvalue weighted by atomic mass is 32.2. The molecule has 0 spiro atoms. The second-order valence-corrected chi connectivity index (χ2v) is 5.18. The van der Waals surface area contributed by atoms with E-state index in [0.29, 0.717) is 0 Å². The number of imide groups is 1. The van der Waals surface area contributed by atoms with E-state index in [2.05, 4.69) is 15.0 Å². The number of ether oxygens (including phenoxy) is 1. The van der Waals surface area contributed by atoms with E-state index in [0.717, 1.165) is 16.7 Å². The number of pyridine rings is 1. The number of aromatic nitrogens is 1. The van der Waals surface area contributed by atoms with Gasteiger partial charge in [-0.1, -0.05) is 17.8 Å². The molecule has 0 atom stereocenters. The Bertz CT molecular complexity index is 618. The van der Waals surface area contributed by atoms with Crippen LogP contribution in [-0.2, 0) is 9.53 Å². The van der Waals surface area contributed by atoms with Gasteiger partial charge in [-0.25, -0.2) is 9.78 Å². The van der Waals surface area contributed by atoms with Gasteiger partial charge in [-0.15, -0.1) is 0 Å². The van der Waals surface area contributed by atoms with Crippen LogP contribution in [0, 0.1) is 0 Å². The molecular formula is C13H13N3O5S. The van der Waals surface area contributed by atoms with Crippen LogP contribution in [0.4, 0.5) is 4.79 Å². The first-order valence-corrected chi connectivity index (χ1v) is 7.32. The molecule has 0 saturated carbocycles. The Labute approximate surface area is 130 Å². The molecule has 1 aromatic heterocycles. The second-order valence-electron chi connectivity index (χ2n) is 4.26. The Hall–Kier alpha value is -2.42. The molecule has 9 heteroatoms. The maximum atomic E-state index is 11.9. The van der Waals surface area contributed by atoms with Crippen molar-refractivity contribution in [3.05, 3.63) is 29.6 Å². The van der Waals surface area contributed by atoms with Crippen LogP contribution < -0.4 is 5.32 Å². The van der Waals surface area contributed by atoms with Gasteiger partial charge >= 0.3 is 5.97 Å². The minimum absolute atomic E-state index is 0.0245. The fourth-order valence-corrected chi connectivity index (χ4v) is 2.50. The molecule has 3 amide bonds. The van der Waals surface area contributed by atoms with E-state index in [-0.39, 0.29) is 41.4 Å². The lowest BCUT2D eigenvalue weighted by atomic mass is 10.3. The Morgan fingerprint density at radius 2 is 2.09 bits per heavy atom. The molecule has 1 N–H and O–H groups in total. The van der Waals surface area contributed by atoms with Gasteiger partial charge in [0.15, 0.2) is 0 Å². The van der Waals surface area contributed by atoms with E-state index in [4.69, 9.17) is 0 Å². The predicted octanol–water partition coefficient (Wildman–Crippen LogP) is 0.293. The van der Waals surface area contributed by atoms with Crippen molar-refractivity contribution in [1.82, 2.24) is 15.2 Å². The van der Waals surface area contributed by atoms with Gasteiger partial charge in [0.05, 0.1) is 12.9 Å². The summed E-state index contributed by atoms with van der Waals surface area (Å²) in [6.45, 7) is 0.216. The van der Waals surface area contributed by atoms with Crippen LogP contribution in [0.5, 0.6) is 0 Å². The Morgan fingerprint density at radius 1 is 1.36 bits per heavy atom. The maximum absolute atomic E-state index is 11.9. The summed E-state index contributed by atoms with van der Waals surface area (Å²) in [6.07, 6.45) is 0. The van der Waals surface area contributed by atoms with Crippen molar-refractivity contribution < 1.29 is 23.9 Å². The monoisotopic (exact) mass is 323 g/mol. The highest BCUT2D eigenvalue weighted by Crippen LogP contribution is 2.17. The molecule has 116 valence electrons. The third-order valence-corrected chi connectivity index (χ3v) is 3.70. The van der Waals surface area contributed by atoms with Gasteiger partial charge in [-0.3, -0.25) is 19.3 Å². The molecule has 22 heavy (non-hydrogen) atoms. The lowest BCUT2D eigenvalue weighted by molar-refractivity contribution is -0.124. The third-order valence-electron chi connectivity index (χ3n) is 2.84. The van der Waals surface area contributed by atoms with Crippen molar-refractivity contribution in [2.24, 2.45) is 0 Å². The fourth-order valence-electron chi connectivity index (χ4n) is 1.75. The van der Waals surface area contributed by atoms with Crippen molar-refractivity contribution in [3.8, 4) is 0 Å². The highest BCUT2D eigenvalue weighted by molar-refractivity contribution is 8.14. The van der Waals surface area contributed by atoms with Gasteiger partial charge in [-0.05, 0) is 12.1 Å². The van der Waals surface area contributed by atoms with E-state index in [1.807, 2.05) is 0 Å². The largest absolute Gasteiger partial charge is 0.464 e. The van der Waals surface area contributed by atoms with Gasteiger partial charge in [0.2, 0.25) is 5.91 Å².